The summed E-state index contributed by atoms with van der Waals surface area (Å²) in [6.45, 7) is 2.34. The maximum Gasteiger partial charge on any atom is 0.165 e. The van der Waals surface area contributed by atoms with Crippen LogP contribution in [0.5, 0.6) is 5.75 Å². The molecule has 0 saturated carbocycles. The number of halogens is 1. The maximum atomic E-state index is 13.6. The molecule has 1 N–H and O–H groups in total. The molecule has 0 radical (unpaired) electrons. The van der Waals surface area contributed by atoms with Crippen LogP contribution in [0.15, 0.2) is 35.6 Å². The van der Waals surface area contributed by atoms with Crippen LogP contribution in [0.25, 0.3) is 10.2 Å². The molecule has 1 aromatic carbocycles. The average molecular weight is 405 g/mol. The van der Waals surface area contributed by atoms with Gasteiger partial charge in [-0.2, -0.15) is 0 Å². The molecule has 0 saturated heterocycles. The molecule has 4 nitrogen and oxygen atoms in total. The first-order chi connectivity index (χ1) is 13.1. The summed E-state index contributed by atoms with van der Waals surface area (Å²) in [4.78, 5) is 11.4. The normalized spacial score (nSPS) is 17.7. The van der Waals surface area contributed by atoms with E-state index in [-0.39, 0.29) is 12.4 Å². The lowest BCUT2D eigenvalue weighted by molar-refractivity contribution is 0.123. The number of aliphatic hydroxyl groups excluding tert-OH is 1. The molecule has 0 unspecified atom stereocenters. The Hall–Kier alpha value is -1.70. The molecule has 142 valence electrons. The van der Waals surface area contributed by atoms with Crippen molar-refractivity contribution in [1.82, 2.24) is 9.97 Å². The zero-order valence-corrected chi connectivity index (χ0v) is 16.7. The van der Waals surface area contributed by atoms with E-state index < -0.39 is 11.9 Å². The van der Waals surface area contributed by atoms with Gasteiger partial charge in [0.05, 0.1) is 6.10 Å². The first-order valence-electron chi connectivity index (χ1n) is 9.05. The minimum atomic E-state index is -0.714. The molecule has 0 aliphatic heterocycles. The van der Waals surface area contributed by atoms with E-state index in [4.69, 9.17) is 4.74 Å². The number of thiophene rings is 1. The summed E-state index contributed by atoms with van der Waals surface area (Å²) >= 11 is 3.28. The topological polar surface area (TPSA) is 55.2 Å². The van der Waals surface area contributed by atoms with Gasteiger partial charge in [-0.3, -0.25) is 0 Å². The number of hydrogen-bond donors (Lipinski definition) is 1. The van der Waals surface area contributed by atoms with Crippen LogP contribution in [0, 0.1) is 11.7 Å². The Morgan fingerprint density at radius 2 is 2.22 bits per heavy atom. The van der Waals surface area contributed by atoms with Gasteiger partial charge in [-0.25, -0.2) is 14.4 Å². The Labute approximate surface area is 165 Å². The van der Waals surface area contributed by atoms with Crippen molar-refractivity contribution in [3.8, 4) is 5.75 Å². The lowest BCUT2D eigenvalue weighted by Crippen LogP contribution is -2.20. The molecule has 4 rings (SSSR count). The van der Waals surface area contributed by atoms with Crippen molar-refractivity contribution in [3.63, 3.8) is 0 Å². The van der Waals surface area contributed by atoms with Crippen LogP contribution in [0.4, 0.5) is 4.39 Å². The highest BCUT2D eigenvalue weighted by atomic mass is 32.2. The molecule has 1 aliphatic rings. The van der Waals surface area contributed by atoms with Gasteiger partial charge in [0.1, 0.15) is 22.8 Å². The Kier molecular flexibility index (Phi) is 5.61. The Morgan fingerprint density at radius 1 is 1.37 bits per heavy atom. The molecular weight excluding hydrogens is 383 g/mol. The van der Waals surface area contributed by atoms with Gasteiger partial charge in [0.15, 0.2) is 11.6 Å². The number of rotatable bonds is 6. The molecule has 2 aromatic heterocycles. The van der Waals surface area contributed by atoms with Gasteiger partial charge >= 0.3 is 0 Å². The highest BCUT2D eigenvalue weighted by molar-refractivity contribution is 7.99. The summed E-state index contributed by atoms with van der Waals surface area (Å²) in [6, 6.07) is 6.21. The van der Waals surface area contributed by atoms with Gasteiger partial charge in [-0.1, -0.05) is 19.1 Å². The summed E-state index contributed by atoms with van der Waals surface area (Å²) in [5.74, 6) is 0.884. The maximum absolute atomic E-state index is 13.6. The van der Waals surface area contributed by atoms with Crippen LogP contribution in [-0.4, -0.2) is 33.5 Å². The molecule has 2 atom stereocenters. The zero-order valence-electron chi connectivity index (χ0n) is 15.0. The number of aliphatic hydroxyl groups is 1. The Morgan fingerprint density at radius 3 is 3.07 bits per heavy atom. The third kappa shape index (κ3) is 4.10. The van der Waals surface area contributed by atoms with E-state index in [1.54, 1.807) is 35.9 Å². The number of fused-ring (bicyclic) bond motifs is 3. The van der Waals surface area contributed by atoms with Crippen molar-refractivity contribution in [3.05, 3.63) is 46.9 Å². The monoisotopic (exact) mass is 404 g/mol. The quantitative estimate of drug-likeness (QED) is 0.485. The van der Waals surface area contributed by atoms with Crippen molar-refractivity contribution < 1.29 is 14.2 Å². The largest absolute Gasteiger partial charge is 0.488 e. The first-order valence-corrected chi connectivity index (χ1v) is 10.9. The lowest BCUT2D eigenvalue weighted by Gasteiger charge is -2.18. The van der Waals surface area contributed by atoms with E-state index in [0.29, 0.717) is 11.7 Å². The number of para-hydroxylation sites is 1. The van der Waals surface area contributed by atoms with Gasteiger partial charge in [-0.05, 0) is 42.9 Å². The fourth-order valence-electron chi connectivity index (χ4n) is 3.33. The second-order valence-corrected chi connectivity index (χ2v) is 9.01. The predicted molar refractivity (Wildman–Crippen MR) is 107 cm³/mol. The van der Waals surface area contributed by atoms with E-state index in [1.165, 1.54) is 34.7 Å². The minimum absolute atomic E-state index is 0.0431. The van der Waals surface area contributed by atoms with Crippen molar-refractivity contribution in [2.45, 2.75) is 37.3 Å². The Bertz CT molecular complexity index is 947. The zero-order chi connectivity index (χ0) is 18.8. The highest BCUT2D eigenvalue weighted by Gasteiger charge is 2.23. The van der Waals surface area contributed by atoms with Crippen LogP contribution < -0.4 is 4.74 Å². The van der Waals surface area contributed by atoms with E-state index >= 15 is 0 Å². The molecule has 1 aliphatic carbocycles. The number of hydrogen-bond acceptors (Lipinski definition) is 6. The molecule has 0 spiro atoms. The van der Waals surface area contributed by atoms with E-state index in [9.17, 15) is 9.50 Å². The number of nitrogens with zero attached hydrogens (tertiary/aromatic N) is 2. The fourth-order valence-corrected chi connectivity index (χ4v) is 5.67. The number of aromatic nitrogens is 2. The third-order valence-corrected chi connectivity index (χ3v) is 7.03. The van der Waals surface area contributed by atoms with Crippen LogP contribution in [-0.2, 0) is 12.8 Å². The van der Waals surface area contributed by atoms with Gasteiger partial charge in [0, 0.05) is 16.0 Å². The van der Waals surface area contributed by atoms with Crippen LogP contribution in [0.1, 0.15) is 23.8 Å². The van der Waals surface area contributed by atoms with Crippen molar-refractivity contribution in [2.24, 2.45) is 5.92 Å². The number of benzene rings is 1. The fraction of sp³-hybridized carbons (Fsp3) is 0.400. The highest BCUT2D eigenvalue weighted by Crippen LogP contribution is 2.40. The molecule has 0 bridgehead atoms. The molecule has 0 fully saturated rings. The Balaban J connectivity index is 1.44. The van der Waals surface area contributed by atoms with Crippen LogP contribution >= 0.6 is 23.1 Å². The van der Waals surface area contributed by atoms with E-state index in [1.807, 2.05) is 0 Å². The molecule has 27 heavy (non-hydrogen) atoms. The van der Waals surface area contributed by atoms with Gasteiger partial charge in [0.25, 0.3) is 0 Å². The molecule has 3 aromatic rings. The van der Waals surface area contributed by atoms with E-state index in [0.717, 1.165) is 28.1 Å². The number of thioether (sulfide) groups is 1. The second kappa shape index (κ2) is 8.12. The summed E-state index contributed by atoms with van der Waals surface area (Å²) in [5, 5.41) is 12.3. The summed E-state index contributed by atoms with van der Waals surface area (Å²) in [6.07, 6.45) is 4.25. The standard InChI is InChI=1S/C20H21FN2O2S2/c1-12-6-7-14-17(8-12)27-20-18(14)19(22-11-23-20)26-10-13(24)9-25-16-5-3-2-4-15(16)21/h2-5,11-13,24H,6-10H2,1H3/t12-,13-/m0/s1. The van der Waals surface area contributed by atoms with Gasteiger partial charge in [-0.15, -0.1) is 23.1 Å². The molecule has 7 heteroatoms. The smallest absolute Gasteiger partial charge is 0.165 e. The summed E-state index contributed by atoms with van der Waals surface area (Å²) < 4.78 is 19.0. The van der Waals surface area contributed by atoms with Crippen LogP contribution in [0.3, 0.4) is 0 Å². The van der Waals surface area contributed by atoms with Crippen molar-refractivity contribution in [1.29, 1.82) is 0 Å². The molecule has 2 heterocycles. The van der Waals surface area contributed by atoms with Gasteiger partial charge < -0.3 is 9.84 Å². The third-order valence-electron chi connectivity index (χ3n) is 4.74. The molecular formula is C20H21FN2O2S2. The minimum Gasteiger partial charge on any atom is -0.488 e. The van der Waals surface area contributed by atoms with Crippen molar-refractivity contribution in [2.75, 3.05) is 12.4 Å². The number of aryl methyl sites for hydroxylation is 1. The SMILES string of the molecule is C[C@H]1CCc2c(sc3ncnc(SC[C@@H](O)COc4ccccc4F)c23)C1. The lowest BCUT2D eigenvalue weighted by atomic mass is 9.89. The first kappa shape index (κ1) is 18.7. The van der Waals surface area contributed by atoms with Crippen molar-refractivity contribution >= 4 is 33.3 Å². The van der Waals surface area contributed by atoms with Crippen LogP contribution in [0.2, 0.25) is 0 Å². The summed E-state index contributed by atoms with van der Waals surface area (Å²) in [5.41, 5.74) is 1.38. The predicted octanol–water partition coefficient (Wildman–Crippen LogP) is 4.49. The molecule has 0 amide bonds. The van der Waals surface area contributed by atoms with Gasteiger partial charge in [0.2, 0.25) is 0 Å². The summed E-state index contributed by atoms with van der Waals surface area (Å²) in [7, 11) is 0. The number of ether oxygens (including phenoxy) is 1. The second-order valence-electron chi connectivity index (χ2n) is 6.92. The average Bonchev–Trinajstić information content (AvgIpc) is 3.03. The van der Waals surface area contributed by atoms with E-state index in [2.05, 4.69) is 16.9 Å².